The summed E-state index contributed by atoms with van der Waals surface area (Å²) < 4.78 is 1.67. The van der Waals surface area contributed by atoms with E-state index in [-0.39, 0.29) is 18.6 Å². The Morgan fingerprint density at radius 3 is 2.83 bits per heavy atom. The van der Waals surface area contributed by atoms with Gasteiger partial charge in [0.1, 0.15) is 11.4 Å². The predicted molar refractivity (Wildman–Crippen MR) is 108 cm³/mol. The maximum atomic E-state index is 12.7. The van der Waals surface area contributed by atoms with Crippen LogP contribution in [0.3, 0.4) is 0 Å². The van der Waals surface area contributed by atoms with Crippen molar-refractivity contribution in [2.24, 2.45) is 0 Å². The SMILES string of the molecule is O=C(c1ccc(-n2cc(-c3n[nH]c4ccccc34)nn2)cc1)N1CCCC1CO. The first-order chi connectivity index (χ1) is 14.2. The molecule has 0 radical (unpaired) electrons. The summed E-state index contributed by atoms with van der Waals surface area (Å²) in [5.41, 5.74) is 3.78. The molecule has 146 valence electrons. The Morgan fingerprint density at radius 1 is 1.17 bits per heavy atom. The van der Waals surface area contributed by atoms with Gasteiger partial charge in [0, 0.05) is 17.5 Å². The second-order valence-electron chi connectivity index (χ2n) is 7.19. The lowest BCUT2D eigenvalue weighted by Crippen LogP contribution is -2.37. The third-order valence-corrected chi connectivity index (χ3v) is 5.43. The van der Waals surface area contributed by atoms with Crippen molar-refractivity contribution in [2.45, 2.75) is 18.9 Å². The fourth-order valence-electron chi connectivity index (χ4n) is 3.87. The summed E-state index contributed by atoms with van der Waals surface area (Å²) in [6, 6.07) is 15.1. The number of fused-ring (bicyclic) bond motifs is 1. The van der Waals surface area contributed by atoms with Crippen molar-refractivity contribution in [3.05, 3.63) is 60.3 Å². The number of carbonyl (C=O) groups excluding carboxylic acids is 1. The average molecular weight is 388 g/mol. The number of aromatic nitrogens is 5. The van der Waals surface area contributed by atoms with Crippen LogP contribution in [-0.4, -0.2) is 60.3 Å². The van der Waals surface area contributed by atoms with Gasteiger partial charge in [0.15, 0.2) is 0 Å². The molecule has 4 aromatic rings. The van der Waals surface area contributed by atoms with Crippen LogP contribution < -0.4 is 0 Å². The Bertz CT molecular complexity index is 1160. The Balaban J connectivity index is 1.39. The fraction of sp³-hybridized carbons (Fsp3) is 0.238. The molecule has 1 fully saturated rings. The van der Waals surface area contributed by atoms with Crippen molar-refractivity contribution in [3.63, 3.8) is 0 Å². The zero-order valence-corrected chi connectivity index (χ0v) is 15.7. The third-order valence-electron chi connectivity index (χ3n) is 5.43. The van der Waals surface area contributed by atoms with E-state index in [2.05, 4.69) is 20.5 Å². The normalized spacial score (nSPS) is 16.6. The molecule has 2 N–H and O–H groups in total. The van der Waals surface area contributed by atoms with Crippen LogP contribution >= 0.6 is 0 Å². The van der Waals surface area contributed by atoms with Gasteiger partial charge in [-0.1, -0.05) is 23.4 Å². The van der Waals surface area contributed by atoms with Gasteiger partial charge in [-0.3, -0.25) is 9.89 Å². The van der Waals surface area contributed by atoms with Gasteiger partial charge in [-0.25, -0.2) is 4.68 Å². The van der Waals surface area contributed by atoms with Crippen LogP contribution in [0.25, 0.3) is 28.0 Å². The first-order valence-electron chi connectivity index (χ1n) is 9.62. The van der Waals surface area contributed by atoms with Crippen molar-refractivity contribution in [3.8, 4) is 17.1 Å². The molecule has 0 saturated carbocycles. The Kier molecular flexibility index (Phi) is 4.33. The van der Waals surface area contributed by atoms with Crippen LogP contribution in [0.4, 0.5) is 0 Å². The molecule has 0 spiro atoms. The molecule has 1 atom stereocenters. The summed E-state index contributed by atoms with van der Waals surface area (Å²) in [4.78, 5) is 14.5. The minimum absolute atomic E-state index is 0.00737. The summed E-state index contributed by atoms with van der Waals surface area (Å²) in [5.74, 6) is -0.0460. The number of para-hydroxylation sites is 1. The highest BCUT2D eigenvalue weighted by molar-refractivity contribution is 5.95. The number of aliphatic hydroxyl groups excluding tert-OH is 1. The molecule has 1 aliphatic heterocycles. The van der Waals surface area contributed by atoms with Gasteiger partial charge in [0.05, 0.1) is 30.0 Å². The molecule has 2 aromatic carbocycles. The Hall–Kier alpha value is -3.52. The highest BCUT2D eigenvalue weighted by Crippen LogP contribution is 2.25. The minimum Gasteiger partial charge on any atom is -0.394 e. The van der Waals surface area contributed by atoms with E-state index in [4.69, 9.17) is 0 Å². The quantitative estimate of drug-likeness (QED) is 0.559. The molecular formula is C21H20N6O2. The van der Waals surface area contributed by atoms with E-state index in [1.165, 1.54) is 0 Å². The van der Waals surface area contributed by atoms with E-state index >= 15 is 0 Å². The van der Waals surface area contributed by atoms with E-state index in [0.717, 1.165) is 35.1 Å². The van der Waals surface area contributed by atoms with Crippen LogP contribution in [0.5, 0.6) is 0 Å². The van der Waals surface area contributed by atoms with Crippen molar-refractivity contribution >= 4 is 16.8 Å². The lowest BCUT2D eigenvalue weighted by Gasteiger charge is -2.23. The summed E-state index contributed by atoms with van der Waals surface area (Å²) in [6.07, 6.45) is 3.60. The Labute approximate surface area is 166 Å². The zero-order chi connectivity index (χ0) is 19.8. The van der Waals surface area contributed by atoms with Gasteiger partial charge in [0.25, 0.3) is 5.91 Å². The van der Waals surface area contributed by atoms with E-state index in [9.17, 15) is 9.90 Å². The second kappa shape index (κ2) is 7.14. The number of rotatable bonds is 4. The number of hydrogen-bond acceptors (Lipinski definition) is 5. The highest BCUT2D eigenvalue weighted by atomic mass is 16.3. The Morgan fingerprint density at radius 2 is 2.00 bits per heavy atom. The van der Waals surface area contributed by atoms with Crippen molar-refractivity contribution in [1.82, 2.24) is 30.1 Å². The lowest BCUT2D eigenvalue weighted by molar-refractivity contribution is 0.0677. The first kappa shape index (κ1) is 17.6. The number of amides is 1. The monoisotopic (exact) mass is 388 g/mol. The van der Waals surface area contributed by atoms with Crippen LogP contribution in [0.2, 0.25) is 0 Å². The van der Waals surface area contributed by atoms with Crippen molar-refractivity contribution in [2.75, 3.05) is 13.2 Å². The van der Waals surface area contributed by atoms with Crippen LogP contribution in [0.1, 0.15) is 23.2 Å². The highest BCUT2D eigenvalue weighted by Gasteiger charge is 2.28. The first-order valence-corrected chi connectivity index (χ1v) is 9.62. The number of nitrogens with one attached hydrogen (secondary N) is 1. The number of hydrogen-bond donors (Lipinski definition) is 2. The summed E-state index contributed by atoms with van der Waals surface area (Å²) >= 11 is 0. The number of aromatic amines is 1. The standard InChI is InChI=1S/C21H20N6O2/c28-13-16-4-3-11-26(16)21(29)14-7-9-15(10-8-14)27-12-19(23-25-27)20-17-5-1-2-6-18(17)22-24-20/h1-2,5-10,12,16,28H,3-4,11,13H2,(H,22,24). The number of likely N-dealkylation sites (tertiary alicyclic amines) is 1. The maximum absolute atomic E-state index is 12.7. The summed E-state index contributed by atoms with van der Waals surface area (Å²) in [7, 11) is 0. The topological polar surface area (TPSA) is 99.9 Å². The smallest absolute Gasteiger partial charge is 0.254 e. The van der Waals surface area contributed by atoms with Gasteiger partial charge >= 0.3 is 0 Å². The third kappa shape index (κ3) is 3.07. The van der Waals surface area contributed by atoms with Crippen molar-refractivity contribution in [1.29, 1.82) is 0 Å². The number of nitrogens with zero attached hydrogens (tertiary/aromatic N) is 5. The number of H-pyrrole nitrogens is 1. The van der Waals surface area contributed by atoms with Crippen LogP contribution in [0, 0.1) is 0 Å². The number of carbonyl (C=O) groups is 1. The van der Waals surface area contributed by atoms with Gasteiger partial charge in [-0.2, -0.15) is 5.10 Å². The van der Waals surface area contributed by atoms with E-state index in [1.807, 2.05) is 42.6 Å². The maximum Gasteiger partial charge on any atom is 0.254 e. The molecule has 8 nitrogen and oxygen atoms in total. The number of benzene rings is 2. The molecule has 29 heavy (non-hydrogen) atoms. The van der Waals surface area contributed by atoms with Gasteiger partial charge in [-0.05, 0) is 43.2 Å². The largest absolute Gasteiger partial charge is 0.394 e. The molecule has 3 heterocycles. The molecule has 2 aromatic heterocycles. The average Bonchev–Trinajstić information content (AvgIpc) is 3.52. The molecule has 1 unspecified atom stereocenters. The van der Waals surface area contributed by atoms with Crippen LogP contribution in [0.15, 0.2) is 54.7 Å². The summed E-state index contributed by atoms with van der Waals surface area (Å²) in [5, 5.41) is 26.3. The van der Waals surface area contributed by atoms with E-state index < -0.39 is 0 Å². The second-order valence-corrected chi connectivity index (χ2v) is 7.19. The summed E-state index contributed by atoms with van der Waals surface area (Å²) in [6.45, 7) is 0.698. The van der Waals surface area contributed by atoms with Crippen LogP contribution in [-0.2, 0) is 0 Å². The fourth-order valence-corrected chi connectivity index (χ4v) is 3.87. The molecule has 5 rings (SSSR count). The molecule has 8 heteroatoms. The molecule has 1 amide bonds. The van der Waals surface area contributed by atoms with E-state index in [1.54, 1.807) is 21.7 Å². The van der Waals surface area contributed by atoms with Gasteiger partial charge in [-0.15, -0.1) is 5.10 Å². The molecular weight excluding hydrogens is 368 g/mol. The predicted octanol–water partition coefficient (Wildman–Crippen LogP) is 2.41. The molecule has 1 aliphatic rings. The number of aliphatic hydroxyl groups is 1. The van der Waals surface area contributed by atoms with Gasteiger partial charge in [0.2, 0.25) is 0 Å². The zero-order valence-electron chi connectivity index (χ0n) is 15.7. The molecule has 0 aliphatic carbocycles. The lowest BCUT2D eigenvalue weighted by atomic mass is 10.1. The molecule has 1 saturated heterocycles. The minimum atomic E-state index is -0.0799. The van der Waals surface area contributed by atoms with Crippen molar-refractivity contribution < 1.29 is 9.90 Å². The van der Waals surface area contributed by atoms with Gasteiger partial charge < -0.3 is 10.0 Å². The van der Waals surface area contributed by atoms with E-state index in [0.29, 0.717) is 17.8 Å². The molecule has 0 bridgehead atoms.